The van der Waals surface area contributed by atoms with Gasteiger partial charge in [0.2, 0.25) is 5.91 Å². The second-order valence-corrected chi connectivity index (χ2v) is 7.50. The van der Waals surface area contributed by atoms with Crippen molar-refractivity contribution in [2.45, 2.75) is 64.1 Å². The van der Waals surface area contributed by atoms with Crippen LogP contribution in [0, 0.1) is 0 Å². The van der Waals surface area contributed by atoms with Gasteiger partial charge >= 0.3 is 0 Å². The van der Waals surface area contributed by atoms with Crippen LogP contribution in [0.25, 0.3) is 0 Å². The van der Waals surface area contributed by atoms with Crippen LogP contribution in [0.15, 0.2) is 18.2 Å². The molecule has 0 radical (unpaired) electrons. The Morgan fingerprint density at radius 2 is 2.04 bits per heavy atom. The molecular weight excluding hydrogens is 330 g/mol. The number of benzene rings is 1. The Hall–Kier alpha value is -2.08. The first-order valence-electron chi connectivity index (χ1n) is 9.51. The fraction of sp³-hybridized carbons (Fsp3) is 0.600. The second kappa shape index (κ2) is 7.66. The Morgan fingerprint density at radius 3 is 2.69 bits per heavy atom. The van der Waals surface area contributed by atoms with Crippen molar-refractivity contribution in [3.05, 3.63) is 23.8 Å². The summed E-state index contributed by atoms with van der Waals surface area (Å²) in [5.41, 5.74) is 7.52. The number of rotatable bonds is 4. The Kier molecular flexibility index (Phi) is 5.51. The fourth-order valence-electron chi connectivity index (χ4n) is 3.79. The highest BCUT2D eigenvalue weighted by atomic mass is 16.5. The van der Waals surface area contributed by atoms with Gasteiger partial charge in [-0.3, -0.25) is 14.5 Å². The van der Waals surface area contributed by atoms with Crippen molar-refractivity contribution in [2.24, 2.45) is 5.73 Å². The molecule has 1 saturated carbocycles. The summed E-state index contributed by atoms with van der Waals surface area (Å²) in [6, 6.07) is 5.72. The largest absolute Gasteiger partial charge is 0.479 e. The van der Waals surface area contributed by atoms with Crippen LogP contribution in [0.2, 0.25) is 0 Å². The number of ether oxygens (including phenoxy) is 1. The highest BCUT2D eigenvalue weighted by Gasteiger charge is 2.34. The minimum absolute atomic E-state index is 0.0310. The Labute approximate surface area is 155 Å². The van der Waals surface area contributed by atoms with E-state index in [2.05, 4.69) is 0 Å². The highest BCUT2D eigenvalue weighted by Crippen LogP contribution is 2.36. The van der Waals surface area contributed by atoms with Gasteiger partial charge in [-0.15, -0.1) is 0 Å². The van der Waals surface area contributed by atoms with Gasteiger partial charge in [0.05, 0.1) is 5.69 Å². The van der Waals surface area contributed by atoms with Crippen molar-refractivity contribution < 1.29 is 14.3 Å². The van der Waals surface area contributed by atoms with Crippen LogP contribution in [-0.4, -0.2) is 42.5 Å². The molecule has 2 N–H and O–H groups in total. The summed E-state index contributed by atoms with van der Waals surface area (Å²) in [5.74, 6) is 0.399. The van der Waals surface area contributed by atoms with Gasteiger partial charge in [0, 0.05) is 19.1 Å². The topological polar surface area (TPSA) is 75.9 Å². The zero-order valence-corrected chi connectivity index (χ0v) is 15.9. The lowest BCUT2D eigenvalue weighted by molar-refractivity contribution is -0.134. The smallest absolute Gasteiger partial charge is 0.268 e. The molecule has 1 fully saturated rings. The lowest BCUT2D eigenvalue weighted by Crippen LogP contribution is -2.50. The summed E-state index contributed by atoms with van der Waals surface area (Å²) in [6.45, 7) is 3.64. The monoisotopic (exact) mass is 359 g/mol. The van der Waals surface area contributed by atoms with Gasteiger partial charge in [0.1, 0.15) is 12.3 Å². The normalized spacial score (nSPS) is 21.8. The molecule has 1 aliphatic heterocycles. The first-order chi connectivity index (χ1) is 12.4. The zero-order valence-electron chi connectivity index (χ0n) is 15.9. The number of hydrogen-bond acceptors (Lipinski definition) is 4. The summed E-state index contributed by atoms with van der Waals surface area (Å²) in [4.78, 5) is 28.9. The molecule has 3 rings (SSSR count). The lowest BCUT2D eigenvalue weighted by Gasteiger charge is -2.36. The molecule has 142 valence electrons. The van der Waals surface area contributed by atoms with Crippen LogP contribution in [0.1, 0.15) is 57.6 Å². The lowest BCUT2D eigenvalue weighted by atomic mass is 9.94. The molecule has 2 amide bonds. The predicted molar refractivity (Wildman–Crippen MR) is 101 cm³/mol. The molecule has 2 atom stereocenters. The molecule has 26 heavy (non-hydrogen) atoms. The van der Waals surface area contributed by atoms with E-state index in [1.165, 1.54) is 6.42 Å². The average molecular weight is 359 g/mol. The molecular formula is C20H29N3O3. The summed E-state index contributed by atoms with van der Waals surface area (Å²) < 4.78 is 5.71. The van der Waals surface area contributed by atoms with E-state index in [4.69, 9.17) is 10.5 Å². The number of nitrogens with two attached hydrogens (primary N) is 1. The Morgan fingerprint density at radius 1 is 1.35 bits per heavy atom. The van der Waals surface area contributed by atoms with E-state index in [0.717, 1.165) is 31.2 Å². The number of likely N-dealkylation sites (N-methyl/N-ethyl adjacent to an activating group) is 1. The van der Waals surface area contributed by atoms with E-state index in [1.807, 2.05) is 37.1 Å². The van der Waals surface area contributed by atoms with Crippen LogP contribution < -0.4 is 15.4 Å². The molecule has 6 heteroatoms. The standard InChI is InChI=1S/C20H29N3O3/c1-13(21)15-9-10-18-17(11-15)23(20(25)14(2)26-18)12-19(24)22(3)16-7-5-4-6-8-16/h9-11,13-14,16H,4-8,12,21H2,1-3H3. The molecule has 0 bridgehead atoms. The minimum atomic E-state index is -0.601. The van der Waals surface area contributed by atoms with Crippen LogP contribution in [0.5, 0.6) is 5.75 Å². The van der Waals surface area contributed by atoms with Crippen molar-refractivity contribution in [1.29, 1.82) is 0 Å². The summed E-state index contributed by atoms with van der Waals surface area (Å²) in [5, 5.41) is 0. The summed E-state index contributed by atoms with van der Waals surface area (Å²) in [6.07, 6.45) is 5.05. The van der Waals surface area contributed by atoms with Crippen molar-refractivity contribution in [3.8, 4) is 5.75 Å². The second-order valence-electron chi connectivity index (χ2n) is 7.50. The molecule has 1 heterocycles. The van der Waals surface area contributed by atoms with Gasteiger partial charge in [0.25, 0.3) is 5.91 Å². The van der Waals surface area contributed by atoms with Crippen LogP contribution in [-0.2, 0) is 9.59 Å². The van der Waals surface area contributed by atoms with Gasteiger partial charge in [-0.1, -0.05) is 25.3 Å². The number of fused-ring (bicyclic) bond motifs is 1. The highest BCUT2D eigenvalue weighted by molar-refractivity contribution is 6.03. The summed E-state index contributed by atoms with van der Waals surface area (Å²) in [7, 11) is 1.85. The maximum atomic E-state index is 12.9. The number of anilines is 1. The first-order valence-corrected chi connectivity index (χ1v) is 9.51. The van der Waals surface area contributed by atoms with E-state index in [-0.39, 0.29) is 30.4 Å². The van der Waals surface area contributed by atoms with E-state index in [9.17, 15) is 9.59 Å². The molecule has 0 aromatic heterocycles. The molecule has 1 aromatic carbocycles. The predicted octanol–water partition coefficient (Wildman–Crippen LogP) is 2.61. The third-order valence-corrected chi connectivity index (χ3v) is 5.53. The average Bonchev–Trinajstić information content (AvgIpc) is 2.65. The molecule has 2 unspecified atom stereocenters. The molecule has 0 saturated heterocycles. The quantitative estimate of drug-likeness (QED) is 0.897. The van der Waals surface area contributed by atoms with Crippen LogP contribution in [0.3, 0.4) is 0 Å². The minimum Gasteiger partial charge on any atom is -0.479 e. The van der Waals surface area contributed by atoms with Gasteiger partial charge < -0.3 is 15.4 Å². The zero-order chi connectivity index (χ0) is 18.8. The first kappa shape index (κ1) is 18.7. The SMILES string of the molecule is CC1Oc2ccc(C(C)N)cc2N(CC(=O)N(C)C2CCCCC2)C1=O. The molecule has 6 nitrogen and oxygen atoms in total. The van der Waals surface area contributed by atoms with Crippen LogP contribution in [0.4, 0.5) is 5.69 Å². The van der Waals surface area contributed by atoms with Crippen LogP contribution >= 0.6 is 0 Å². The maximum absolute atomic E-state index is 12.9. The maximum Gasteiger partial charge on any atom is 0.268 e. The number of hydrogen-bond donors (Lipinski definition) is 1. The van der Waals surface area contributed by atoms with E-state index in [0.29, 0.717) is 11.4 Å². The Balaban J connectivity index is 1.82. The van der Waals surface area contributed by atoms with E-state index >= 15 is 0 Å². The molecule has 1 aliphatic carbocycles. The van der Waals surface area contributed by atoms with Crippen molar-refractivity contribution in [3.63, 3.8) is 0 Å². The van der Waals surface area contributed by atoms with Crippen molar-refractivity contribution in [1.82, 2.24) is 4.90 Å². The number of nitrogens with zero attached hydrogens (tertiary/aromatic N) is 2. The Bertz CT molecular complexity index is 683. The number of carbonyl (C=O) groups is 2. The van der Waals surface area contributed by atoms with Gasteiger partial charge in [0.15, 0.2) is 6.10 Å². The fourth-order valence-corrected chi connectivity index (χ4v) is 3.79. The molecule has 2 aliphatic rings. The van der Waals surface area contributed by atoms with Gasteiger partial charge in [-0.2, -0.15) is 0 Å². The third kappa shape index (κ3) is 3.70. The van der Waals surface area contributed by atoms with E-state index in [1.54, 1.807) is 11.8 Å². The van der Waals surface area contributed by atoms with Gasteiger partial charge in [-0.05, 0) is 44.4 Å². The number of amides is 2. The molecule has 1 aromatic rings. The summed E-state index contributed by atoms with van der Waals surface area (Å²) >= 11 is 0. The van der Waals surface area contributed by atoms with Crippen molar-refractivity contribution in [2.75, 3.05) is 18.5 Å². The van der Waals surface area contributed by atoms with Gasteiger partial charge in [-0.25, -0.2) is 0 Å². The molecule has 0 spiro atoms. The third-order valence-electron chi connectivity index (χ3n) is 5.53. The van der Waals surface area contributed by atoms with E-state index < -0.39 is 6.10 Å². The number of carbonyl (C=O) groups excluding carboxylic acids is 2. The van der Waals surface area contributed by atoms with Crippen molar-refractivity contribution >= 4 is 17.5 Å².